The topological polar surface area (TPSA) is 63.7 Å². The van der Waals surface area contributed by atoms with Gasteiger partial charge in [-0.25, -0.2) is 8.42 Å². The van der Waals surface area contributed by atoms with Crippen LogP contribution in [0.1, 0.15) is 26.3 Å². The Labute approximate surface area is 120 Å². The summed E-state index contributed by atoms with van der Waals surface area (Å²) in [5, 5.41) is -0.583. The molecule has 0 heterocycles. The molecule has 20 heavy (non-hydrogen) atoms. The molecule has 0 spiro atoms. The lowest BCUT2D eigenvalue weighted by Crippen LogP contribution is -2.39. The van der Waals surface area contributed by atoms with Crippen LogP contribution in [0.15, 0.2) is 30.3 Å². The molecule has 0 aromatic heterocycles. The first-order valence-electron chi connectivity index (χ1n) is 6.56. The zero-order valence-corrected chi connectivity index (χ0v) is 12.9. The van der Waals surface area contributed by atoms with Gasteiger partial charge in [-0.2, -0.15) is 4.31 Å². The van der Waals surface area contributed by atoms with Gasteiger partial charge in [0.25, 0.3) is 0 Å². The molecule has 0 saturated carbocycles. The summed E-state index contributed by atoms with van der Waals surface area (Å²) in [5.41, 5.74) is 0.834. The summed E-state index contributed by atoms with van der Waals surface area (Å²) in [7, 11) is -3.52. The van der Waals surface area contributed by atoms with Crippen LogP contribution in [0.3, 0.4) is 0 Å². The van der Waals surface area contributed by atoms with Crippen LogP contribution < -0.4 is 0 Å². The van der Waals surface area contributed by atoms with Crippen LogP contribution in [0.5, 0.6) is 0 Å². The summed E-state index contributed by atoms with van der Waals surface area (Å²) in [6, 6.07) is 9.18. The molecule has 0 radical (unpaired) electrons. The van der Waals surface area contributed by atoms with Crippen molar-refractivity contribution in [2.45, 2.75) is 32.6 Å². The Hall–Kier alpha value is -1.40. The number of carbonyl (C=O) groups is 1. The normalized spacial score (nSPS) is 11.8. The van der Waals surface area contributed by atoms with Crippen molar-refractivity contribution in [3.05, 3.63) is 35.9 Å². The molecule has 0 N–H and O–H groups in total. The van der Waals surface area contributed by atoms with Gasteiger partial charge >= 0.3 is 5.97 Å². The lowest BCUT2D eigenvalue weighted by molar-refractivity contribution is -0.143. The Morgan fingerprint density at radius 2 is 1.85 bits per heavy atom. The molecule has 1 aromatic rings. The van der Waals surface area contributed by atoms with Gasteiger partial charge in [0, 0.05) is 6.54 Å². The molecule has 5 nitrogen and oxygen atoms in total. The van der Waals surface area contributed by atoms with Crippen LogP contribution in [0.2, 0.25) is 0 Å². The molecular formula is C14H21NO4S. The molecule has 6 heteroatoms. The maximum absolute atomic E-state index is 12.3. The van der Waals surface area contributed by atoms with Crippen molar-refractivity contribution >= 4 is 16.0 Å². The molecule has 0 aliphatic carbocycles. The van der Waals surface area contributed by atoms with Crippen molar-refractivity contribution in [2.75, 3.05) is 13.2 Å². The predicted octanol–water partition coefficient (Wildman–Crippen LogP) is 1.79. The van der Waals surface area contributed by atoms with E-state index in [4.69, 9.17) is 4.74 Å². The van der Waals surface area contributed by atoms with Gasteiger partial charge in [-0.1, -0.05) is 30.3 Å². The van der Waals surface area contributed by atoms with E-state index in [2.05, 4.69) is 0 Å². The van der Waals surface area contributed by atoms with Gasteiger partial charge in [0.15, 0.2) is 0 Å². The Bertz CT molecular complexity index is 525. The Morgan fingerprint density at radius 1 is 1.25 bits per heavy atom. The number of hydrogen-bond acceptors (Lipinski definition) is 4. The minimum absolute atomic E-state index is 0.167. The number of rotatable bonds is 7. The zero-order valence-electron chi connectivity index (χ0n) is 12.1. The second-order valence-corrected chi connectivity index (χ2v) is 7.14. The van der Waals surface area contributed by atoms with Crippen molar-refractivity contribution in [1.82, 2.24) is 4.31 Å². The molecule has 0 fully saturated rings. The first-order valence-corrected chi connectivity index (χ1v) is 8.06. The lowest BCUT2D eigenvalue weighted by Gasteiger charge is -2.23. The number of esters is 1. The number of hydrogen-bond donors (Lipinski definition) is 0. The fourth-order valence-electron chi connectivity index (χ4n) is 1.67. The maximum Gasteiger partial charge on any atom is 0.321 e. The van der Waals surface area contributed by atoms with E-state index in [1.807, 2.05) is 30.3 Å². The van der Waals surface area contributed by atoms with Gasteiger partial charge in [-0.3, -0.25) is 4.79 Å². The molecule has 0 aliphatic rings. The van der Waals surface area contributed by atoms with Gasteiger partial charge in [-0.15, -0.1) is 0 Å². The number of ether oxygens (including phenoxy) is 1. The minimum Gasteiger partial charge on any atom is -0.465 e. The van der Waals surface area contributed by atoms with Crippen LogP contribution in [-0.4, -0.2) is 37.1 Å². The molecule has 0 amide bonds. The van der Waals surface area contributed by atoms with Crippen LogP contribution in [0.4, 0.5) is 0 Å². The second kappa shape index (κ2) is 7.40. The van der Waals surface area contributed by atoms with Crippen molar-refractivity contribution in [3.63, 3.8) is 0 Å². The number of carbonyl (C=O) groups excluding carboxylic acids is 1. The van der Waals surface area contributed by atoms with Crippen LogP contribution in [0, 0.1) is 0 Å². The Kier molecular flexibility index (Phi) is 6.16. The van der Waals surface area contributed by atoms with Gasteiger partial charge < -0.3 is 4.74 Å². The van der Waals surface area contributed by atoms with Crippen molar-refractivity contribution < 1.29 is 17.9 Å². The molecule has 0 atom stereocenters. The Morgan fingerprint density at radius 3 is 2.35 bits per heavy atom. The van der Waals surface area contributed by atoms with Gasteiger partial charge in [-0.05, 0) is 26.3 Å². The summed E-state index contributed by atoms with van der Waals surface area (Å²) in [4.78, 5) is 11.6. The van der Waals surface area contributed by atoms with E-state index in [1.165, 1.54) is 4.31 Å². The fraction of sp³-hybridized carbons (Fsp3) is 0.500. The number of benzene rings is 1. The minimum atomic E-state index is -3.52. The van der Waals surface area contributed by atoms with E-state index in [0.29, 0.717) is 0 Å². The van der Waals surface area contributed by atoms with Gasteiger partial charge in [0.1, 0.15) is 6.54 Å². The quantitative estimate of drug-likeness (QED) is 0.720. The molecule has 0 unspecified atom stereocenters. The molecule has 112 valence electrons. The molecule has 0 aliphatic heterocycles. The van der Waals surface area contributed by atoms with Crippen LogP contribution in [-0.2, 0) is 26.1 Å². The third-order valence-corrected chi connectivity index (χ3v) is 4.94. The predicted molar refractivity (Wildman–Crippen MR) is 77.5 cm³/mol. The molecule has 1 rings (SSSR count). The van der Waals surface area contributed by atoms with Gasteiger partial charge in [0.05, 0.1) is 11.9 Å². The molecule has 0 saturated heterocycles. The highest BCUT2D eigenvalue weighted by Crippen LogP contribution is 2.13. The first-order chi connectivity index (χ1) is 9.37. The first kappa shape index (κ1) is 16.7. The SMILES string of the molecule is CCOC(=O)CN(Cc1ccccc1)S(=O)(=O)C(C)C. The highest BCUT2D eigenvalue weighted by atomic mass is 32.2. The van der Waals surface area contributed by atoms with E-state index >= 15 is 0 Å². The van der Waals surface area contributed by atoms with E-state index < -0.39 is 21.2 Å². The van der Waals surface area contributed by atoms with E-state index in [0.717, 1.165) is 5.56 Å². The third-order valence-electron chi connectivity index (χ3n) is 2.77. The fourth-order valence-corrected chi connectivity index (χ4v) is 2.88. The van der Waals surface area contributed by atoms with Crippen molar-refractivity contribution in [3.8, 4) is 0 Å². The van der Waals surface area contributed by atoms with E-state index in [-0.39, 0.29) is 19.7 Å². The monoisotopic (exact) mass is 299 g/mol. The summed E-state index contributed by atoms with van der Waals surface area (Å²) in [5.74, 6) is -0.535. The molecule has 0 bridgehead atoms. The average molecular weight is 299 g/mol. The van der Waals surface area contributed by atoms with E-state index in [1.54, 1.807) is 20.8 Å². The summed E-state index contributed by atoms with van der Waals surface area (Å²) in [6.07, 6.45) is 0. The van der Waals surface area contributed by atoms with E-state index in [9.17, 15) is 13.2 Å². The van der Waals surface area contributed by atoms with Crippen LogP contribution in [0.25, 0.3) is 0 Å². The zero-order chi connectivity index (χ0) is 15.2. The van der Waals surface area contributed by atoms with Gasteiger partial charge in [0.2, 0.25) is 10.0 Å². The molecular weight excluding hydrogens is 278 g/mol. The standard InChI is InChI=1S/C14H21NO4S/c1-4-19-14(16)11-15(20(17,18)12(2)3)10-13-8-6-5-7-9-13/h5-9,12H,4,10-11H2,1-3H3. The summed E-state index contributed by atoms with van der Waals surface area (Å²) >= 11 is 0. The summed E-state index contributed by atoms with van der Waals surface area (Å²) < 4.78 is 30.6. The Balaban J connectivity index is 2.93. The lowest BCUT2D eigenvalue weighted by atomic mass is 10.2. The average Bonchev–Trinajstić information content (AvgIpc) is 2.39. The summed E-state index contributed by atoms with van der Waals surface area (Å²) in [6.45, 7) is 5.02. The second-order valence-electron chi connectivity index (χ2n) is 4.65. The highest BCUT2D eigenvalue weighted by molar-refractivity contribution is 7.89. The van der Waals surface area contributed by atoms with Crippen molar-refractivity contribution in [1.29, 1.82) is 0 Å². The number of sulfonamides is 1. The van der Waals surface area contributed by atoms with Crippen LogP contribution >= 0.6 is 0 Å². The smallest absolute Gasteiger partial charge is 0.321 e. The van der Waals surface area contributed by atoms with Crippen molar-refractivity contribution in [2.24, 2.45) is 0 Å². The largest absolute Gasteiger partial charge is 0.465 e. The molecule has 1 aromatic carbocycles. The third kappa shape index (κ3) is 4.61. The highest BCUT2D eigenvalue weighted by Gasteiger charge is 2.28. The maximum atomic E-state index is 12.3. The number of nitrogens with zero attached hydrogens (tertiary/aromatic N) is 1.